The molecule has 12 heavy (non-hydrogen) atoms. The third-order valence-corrected chi connectivity index (χ3v) is 2.66. The average molecular weight is 197 g/mol. The highest BCUT2D eigenvalue weighted by molar-refractivity contribution is 7.80. The number of thiol groups is 1. The van der Waals surface area contributed by atoms with Crippen molar-refractivity contribution in [1.82, 2.24) is 4.90 Å². The highest BCUT2D eigenvalue weighted by atomic mass is 32.1. The van der Waals surface area contributed by atoms with Gasteiger partial charge in [-0.1, -0.05) is 0 Å². The summed E-state index contributed by atoms with van der Waals surface area (Å²) in [6.45, 7) is -1.71. The van der Waals surface area contributed by atoms with Crippen molar-refractivity contribution in [2.75, 3.05) is 20.2 Å². The van der Waals surface area contributed by atoms with Crippen LogP contribution in [0.25, 0.3) is 0 Å². The zero-order valence-corrected chi connectivity index (χ0v) is 7.81. The van der Waals surface area contributed by atoms with E-state index in [1.165, 1.54) is 0 Å². The third kappa shape index (κ3) is 2.88. The molecule has 0 bridgehead atoms. The predicted molar refractivity (Wildman–Crippen MR) is 45.5 cm³/mol. The van der Waals surface area contributed by atoms with E-state index in [9.17, 15) is 8.78 Å². The Morgan fingerprint density at radius 1 is 1.67 bits per heavy atom. The van der Waals surface area contributed by atoms with Gasteiger partial charge >= 0.3 is 6.61 Å². The van der Waals surface area contributed by atoms with Crippen LogP contribution in [-0.4, -0.2) is 37.1 Å². The molecule has 0 saturated carbocycles. The maximum absolute atomic E-state index is 11.6. The Morgan fingerprint density at radius 2 is 2.33 bits per heavy atom. The number of hydrogen-bond donors (Lipinski definition) is 1. The van der Waals surface area contributed by atoms with Gasteiger partial charge in [0.25, 0.3) is 0 Å². The van der Waals surface area contributed by atoms with Gasteiger partial charge in [0.05, 0.1) is 12.0 Å². The third-order valence-electron chi connectivity index (χ3n) is 2.06. The molecule has 0 spiro atoms. The van der Waals surface area contributed by atoms with Gasteiger partial charge in [-0.2, -0.15) is 21.4 Å². The van der Waals surface area contributed by atoms with Gasteiger partial charge < -0.3 is 4.74 Å². The number of ether oxygens (including phenoxy) is 1. The second-order valence-corrected chi connectivity index (χ2v) is 3.71. The summed E-state index contributed by atoms with van der Waals surface area (Å²) >= 11 is 4.27. The second-order valence-electron chi connectivity index (χ2n) is 3.12. The van der Waals surface area contributed by atoms with Crippen molar-refractivity contribution in [1.29, 1.82) is 0 Å². The molecule has 1 unspecified atom stereocenters. The van der Waals surface area contributed by atoms with Gasteiger partial charge in [-0.25, -0.2) is 0 Å². The molecule has 0 N–H and O–H groups in total. The minimum absolute atomic E-state index is 0.138. The molecule has 0 aromatic carbocycles. The molecule has 2 nitrogen and oxygen atoms in total. The van der Waals surface area contributed by atoms with Crippen LogP contribution in [0.5, 0.6) is 0 Å². The van der Waals surface area contributed by atoms with Gasteiger partial charge in [0.2, 0.25) is 0 Å². The molecule has 72 valence electrons. The fourth-order valence-corrected chi connectivity index (χ4v) is 1.80. The van der Waals surface area contributed by atoms with Crippen molar-refractivity contribution in [2.45, 2.75) is 18.4 Å². The minimum Gasteiger partial charge on any atom is -0.323 e. The van der Waals surface area contributed by atoms with Crippen molar-refractivity contribution >= 4 is 12.6 Å². The fourth-order valence-electron chi connectivity index (χ4n) is 1.41. The lowest BCUT2D eigenvalue weighted by atomic mass is 10.1. The van der Waals surface area contributed by atoms with Gasteiger partial charge in [-0.05, 0) is 19.4 Å². The standard InChI is InChI=1S/C7H13F2NOS/c1-10-3-5(2-6(10)12)4-11-7(8)9/h5-7,12H,2-4H2,1H3/t5?,6-/m1/s1. The van der Waals surface area contributed by atoms with Crippen LogP contribution < -0.4 is 0 Å². The van der Waals surface area contributed by atoms with Gasteiger partial charge in [0, 0.05) is 6.54 Å². The van der Waals surface area contributed by atoms with E-state index in [1.807, 2.05) is 11.9 Å². The van der Waals surface area contributed by atoms with E-state index < -0.39 is 6.61 Å². The van der Waals surface area contributed by atoms with Gasteiger partial charge in [0.1, 0.15) is 0 Å². The number of rotatable bonds is 3. The second kappa shape index (κ2) is 4.39. The summed E-state index contributed by atoms with van der Waals surface area (Å²) in [5, 5.41) is 0.191. The predicted octanol–water partition coefficient (Wildman–Crippen LogP) is 1.43. The Labute approximate surface area is 76.3 Å². The molecule has 1 fully saturated rings. The van der Waals surface area contributed by atoms with E-state index >= 15 is 0 Å². The van der Waals surface area contributed by atoms with E-state index in [0.29, 0.717) is 0 Å². The zero-order valence-electron chi connectivity index (χ0n) is 6.91. The van der Waals surface area contributed by atoms with Crippen LogP contribution in [0.4, 0.5) is 8.78 Å². The highest BCUT2D eigenvalue weighted by Gasteiger charge is 2.27. The molecule has 1 aliphatic rings. The van der Waals surface area contributed by atoms with Crippen molar-refractivity contribution in [3.8, 4) is 0 Å². The van der Waals surface area contributed by atoms with Crippen molar-refractivity contribution in [3.63, 3.8) is 0 Å². The Morgan fingerprint density at radius 3 is 2.75 bits per heavy atom. The largest absolute Gasteiger partial charge is 0.345 e. The Bertz CT molecular complexity index is 137. The van der Waals surface area contributed by atoms with E-state index in [4.69, 9.17) is 0 Å². The van der Waals surface area contributed by atoms with Gasteiger partial charge in [0.15, 0.2) is 0 Å². The quantitative estimate of drug-likeness (QED) is 0.687. The molecule has 1 saturated heterocycles. The summed E-state index contributed by atoms with van der Waals surface area (Å²) in [4.78, 5) is 2.03. The SMILES string of the molecule is CN1CC(COC(F)F)C[C@H]1S. The molecule has 2 atom stereocenters. The summed E-state index contributed by atoms with van der Waals surface area (Å²) in [5.41, 5.74) is 0. The maximum Gasteiger partial charge on any atom is 0.345 e. The first kappa shape index (κ1) is 10.2. The smallest absolute Gasteiger partial charge is 0.323 e. The monoisotopic (exact) mass is 197 g/mol. The summed E-state index contributed by atoms with van der Waals surface area (Å²) in [5.74, 6) is 0.200. The first-order valence-electron chi connectivity index (χ1n) is 3.87. The first-order chi connectivity index (χ1) is 5.59. The topological polar surface area (TPSA) is 12.5 Å². The van der Waals surface area contributed by atoms with Gasteiger partial charge in [-0.3, -0.25) is 4.90 Å². The van der Waals surface area contributed by atoms with Crippen LogP contribution in [0.1, 0.15) is 6.42 Å². The summed E-state index contributed by atoms with van der Waals surface area (Å²) in [6.07, 6.45) is 0.826. The van der Waals surface area contributed by atoms with Crippen LogP contribution in [0.2, 0.25) is 0 Å². The van der Waals surface area contributed by atoms with E-state index in [1.54, 1.807) is 0 Å². The van der Waals surface area contributed by atoms with Crippen LogP contribution in [0.15, 0.2) is 0 Å². The number of likely N-dealkylation sites (tertiary alicyclic amines) is 1. The van der Waals surface area contributed by atoms with Gasteiger partial charge in [-0.15, -0.1) is 0 Å². The lowest BCUT2D eigenvalue weighted by Crippen LogP contribution is -2.20. The van der Waals surface area contributed by atoms with Crippen molar-refractivity contribution in [2.24, 2.45) is 5.92 Å². The van der Waals surface area contributed by atoms with Crippen LogP contribution in [0, 0.1) is 5.92 Å². The molecule has 1 heterocycles. The molecule has 0 aliphatic carbocycles. The molecule has 5 heteroatoms. The Hall–Kier alpha value is 0.130. The first-order valence-corrected chi connectivity index (χ1v) is 4.39. The van der Waals surface area contributed by atoms with E-state index in [2.05, 4.69) is 17.4 Å². The maximum atomic E-state index is 11.6. The summed E-state index contributed by atoms with van der Waals surface area (Å²) < 4.78 is 27.5. The lowest BCUT2D eigenvalue weighted by molar-refractivity contribution is -0.137. The Balaban J connectivity index is 2.19. The molecular weight excluding hydrogens is 184 g/mol. The summed E-state index contributed by atoms with van der Waals surface area (Å²) in [6, 6.07) is 0. The van der Waals surface area contributed by atoms with Crippen LogP contribution in [-0.2, 0) is 4.74 Å². The average Bonchev–Trinajstić information content (AvgIpc) is 2.28. The van der Waals surface area contributed by atoms with E-state index in [-0.39, 0.29) is 17.9 Å². The lowest BCUT2D eigenvalue weighted by Gasteiger charge is -2.11. The Kier molecular flexibility index (Phi) is 3.74. The molecule has 0 aromatic heterocycles. The molecule has 1 aliphatic heterocycles. The zero-order chi connectivity index (χ0) is 9.14. The van der Waals surface area contributed by atoms with Crippen molar-refractivity contribution < 1.29 is 13.5 Å². The van der Waals surface area contributed by atoms with E-state index in [0.717, 1.165) is 13.0 Å². The number of hydrogen-bond acceptors (Lipinski definition) is 3. The number of nitrogens with zero attached hydrogens (tertiary/aromatic N) is 1. The van der Waals surface area contributed by atoms with Crippen LogP contribution in [0.3, 0.4) is 0 Å². The molecule has 1 rings (SSSR count). The molecule has 0 aromatic rings. The number of halogens is 2. The highest BCUT2D eigenvalue weighted by Crippen LogP contribution is 2.24. The van der Waals surface area contributed by atoms with Crippen LogP contribution >= 0.6 is 12.6 Å². The molecule has 0 amide bonds. The minimum atomic E-state index is -2.64. The normalized spacial score (nSPS) is 31.8. The fraction of sp³-hybridized carbons (Fsp3) is 1.00. The summed E-state index contributed by atoms with van der Waals surface area (Å²) in [7, 11) is 1.93. The van der Waals surface area contributed by atoms with Crippen molar-refractivity contribution in [3.05, 3.63) is 0 Å². The molecular formula is C7H13F2NOS. The molecule has 0 radical (unpaired) electrons. The number of alkyl halides is 2.